The van der Waals surface area contributed by atoms with E-state index in [9.17, 15) is 4.79 Å². The van der Waals surface area contributed by atoms with Gasteiger partial charge in [-0.15, -0.1) is 0 Å². The first-order valence-corrected chi connectivity index (χ1v) is 10.4. The van der Waals surface area contributed by atoms with Crippen molar-refractivity contribution in [3.8, 4) is 0 Å². The molecule has 0 aliphatic carbocycles. The molecule has 0 saturated carbocycles. The molecule has 1 aromatic heterocycles. The lowest BCUT2D eigenvalue weighted by atomic mass is 9.99. The van der Waals surface area contributed by atoms with Crippen LogP contribution in [0.4, 0.5) is 5.69 Å². The van der Waals surface area contributed by atoms with E-state index in [1.807, 2.05) is 6.07 Å². The Bertz CT molecular complexity index is 785. The van der Waals surface area contributed by atoms with Crippen LogP contribution in [-0.2, 0) is 11.3 Å². The van der Waals surface area contributed by atoms with E-state index in [2.05, 4.69) is 39.9 Å². The molecule has 2 aromatic rings. The number of amides is 1. The smallest absolute Gasteiger partial charge is 0.224 e. The highest BCUT2D eigenvalue weighted by molar-refractivity contribution is 6.30. The number of guanidine groups is 1. The summed E-state index contributed by atoms with van der Waals surface area (Å²) in [5.41, 5.74) is 1.74. The molecule has 8 heteroatoms. The van der Waals surface area contributed by atoms with Crippen LogP contribution in [0.25, 0.3) is 0 Å². The number of benzene rings is 1. The molecule has 1 aromatic carbocycles. The van der Waals surface area contributed by atoms with Gasteiger partial charge in [0.15, 0.2) is 11.7 Å². The van der Waals surface area contributed by atoms with E-state index < -0.39 is 0 Å². The first-order chi connectivity index (χ1) is 14.0. The molecule has 0 spiro atoms. The van der Waals surface area contributed by atoms with Crippen molar-refractivity contribution in [1.29, 1.82) is 0 Å². The van der Waals surface area contributed by atoms with Gasteiger partial charge in [-0.2, -0.15) is 0 Å². The number of carbonyl (C=O) groups excluding carboxylic acids is 1. The second kappa shape index (κ2) is 12.1. The lowest BCUT2D eigenvalue weighted by Gasteiger charge is -2.11. The lowest BCUT2D eigenvalue weighted by Crippen LogP contribution is -2.37. The van der Waals surface area contributed by atoms with E-state index >= 15 is 0 Å². The van der Waals surface area contributed by atoms with Gasteiger partial charge in [-0.25, -0.2) is 0 Å². The maximum absolute atomic E-state index is 12.0. The summed E-state index contributed by atoms with van der Waals surface area (Å²) in [6.45, 7) is 5.44. The standard InChI is InChI=1S/C21H30ClN5O2/c1-4-15(5-2)19-13-18(29-27-19)14-25-21(23-3)24-12-6-7-20(28)26-17-10-8-16(22)9-11-17/h8-11,13,15H,4-7,12,14H2,1-3H3,(H,26,28)(H2,23,24,25). The number of rotatable bonds is 10. The van der Waals surface area contributed by atoms with Crippen molar-refractivity contribution in [3.63, 3.8) is 0 Å². The van der Waals surface area contributed by atoms with Gasteiger partial charge in [0.2, 0.25) is 5.91 Å². The van der Waals surface area contributed by atoms with E-state index in [1.165, 1.54) is 0 Å². The normalized spacial score (nSPS) is 11.6. The van der Waals surface area contributed by atoms with Crippen LogP contribution in [0.5, 0.6) is 0 Å². The van der Waals surface area contributed by atoms with Crippen molar-refractivity contribution in [2.75, 3.05) is 18.9 Å². The number of hydrogen-bond donors (Lipinski definition) is 3. The van der Waals surface area contributed by atoms with Crippen LogP contribution in [0, 0.1) is 0 Å². The largest absolute Gasteiger partial charge is 0.359 e. The molecule has 3 N–H and O–H groups in total. The van der Waals surface area contributed by atoms with E-state index in [1.54, 1.807) is 31.3 Å². The number of nitrogens with zero attached hydrogens (tertiary/aromatic N) is 2. The van der Waals surface area contributed by atoms with Gasteiger partial charge in [-0.1, -0.05) is 30.6 Å². The van der Waals surface area contributed by atoms with E-state index in [-0.39, 0.29) is 5.91 Å². The molecule has 1 amide bonds. The van der Waals surface area contributed by atoms with Crippen LogP contribution in [0.2, 0.25) is 5.02 Å². The molecule has 0 fully saturated rings. The fraction of sp³-hybridized carbons (Fsp3) is 0.476. The molecule has 0 aliphatic heterocycles. The molecule has 0 radical (unpaired) electrons. The lowest BCUT2D eigenvalue weighted by molar-refractivity contribution is -0.116. The number of anilines is 1. The third-order valence-electron chi connectivity index (χ3n) is 4.64. The Morgan fingerprint density at radius 3 is 2.59 bits per heavy atom. The third-order valence-corrected chi connectivity index (χ3v) is 4.89. The van der Waals surface area contributed by atoms with Crippen molar-refractivity contribution in [3.05, 3.63) is 46.8 Å². The molecular formula is C21H30ClN5O2. The van der Waals surface area contributed by atoms with Gasteiger partial charge >= 0.3 is 0 Å². The Hall–Kier alpha value is -2.54. The summed E-state index contributed by atoms with van der Waals surface area (Å²) in [6.07, 6.45) is 3.18. The zero-order chi connectivity index (χ0) is 21.1. The second-order valence-corrected chi connectivity index (χ2v) is 7.18. The number of aromatic nitrogens is 1. The van der Waals surface area contributed by atoms with Crippen LogP contribution in [0.1, 0.15) is 56.9 Å². The second-order valence-electron chi connectivity index (χ2n) is 6.74. The summed E-state index contributed by atoms with van der Waals surface area (Å²) in [5, 5.41) is 14.1. The SMILES string of the molecule is CCC(CC)c1cc(CNC(=NC)NCCCC(=O)Nc2ccc(Cl)cc2)on1. The highest BCUT2D eigenvalue weighted by Gasteiger charge is 2.13. The van der Waals surface area contributed by atoms with Crippen LogP contribution >= 0.6 is 11.6 Å². The molecule has 0 aliphatic rings. The molecule has 29 heavy (non-hydrogen) atoms. The summed E-state index contributed by atoms with van der Waals surface area (Å²) < 4.78 is 5.41. The number of aliphatic imine (C=N–C) groups is 1. The fourth-order valence-corrected chi connectivity index (χ4v) is 3.04. The van der Waals surface area contributed by atoms with Crippen LogP contribution in [-0.4, -0.2) is 30.6 Å². The summed E-state index contributed by atoms with van der Waals surface area (Å²) >= 11 is 5.84. The molecular weight excluding hydrogens is 390 g/mol. The number of halogens is 1. The molecule has 158 valence electrons. The van der Waals surface area contributed by atoms with Crippen molar-refractivity contribution >= 4 is 29.2 Å². The minimum atomic E-state index is -0.0346. The monoisotopic (exact) mass is 419 g/mol. The van der Waals surface area contributed by atoms with Crippen molar-refractivity contribution < 1.29 is 9.32 Å². The first-order valence-electron chi connectivity index (χ1n) is 10.0. The molecule has 7 nitrogen and oxygen atoms in total. The Morgan fingerprint density at radius 1 is 1.21 bits per heavy atom. The van der Waals surface area contributed by atoms with E-state index in [0.29, 0.717) is 42.8 Å². The van der Waals surface area contributed by atoms with Gasteiger partial charge in [-0.3, -0.25) is 9.79 Å². The number of hydrogen-bond acceptors (Lipinski definition) is 4. The van der Waals surface area contributed by atoms with Crippen LogP contribution in [0.3, 0.4) is 0 Å². The topological polar surface area (TPSA) is 91.5 Å². The van der Waals surface area contributed by atoms with E-state index in [4.69, 9.17) is 16.1 Å². The summed E-state index contributed by atoms with van der Waals surface area (Å²) in [5.74, 6) is 1.83. The molecule has 0 unspecified atom stereocenters. The minimum absolute atomic E-state index is 0.0346. The highest BCUT2D eigenvalue weighted by Crippen LogP contribution is 2.22. The van der Waals surface area contributed by atoms with Gasteiger partial charge < -0.3 is 20.5 Å². The van der Waals surface area contributed by atoms with Crippen molar-refractivity contribution in [1.82, 2.24) is 15.8 Å². The fourth-order valence-electron chi connectivity index (χ4n) is 2.92. The number of carbonyl (C=O) groups is 1. The zero-order valence-corrected chi connectivity index (χ0v) is 18.1. The molecule has 0 atom stereocenters. The average Bonchev–Trinajstić information content (AvgIpc) is 3.19. The summed E-state index contributed by atoms with van der Waals surface area (Å²) in [6, 6.07) is 9.05. The quantitative estimate of drug-likeness (QED) is 0.303. The Labute approximate surface area is 177 Å². The Morgan fingerprint density at radius 2 is 1.93 bits per heavy atom. The van der Waals surface area contributed by atoms with Crippen molar-refractivity contribution in [2.45, 2.75) is 52.0 Å². The predicted octanol–water partition coefficient (Wildman–Crippen LogP) is 4.32. The van der Waals surface area contributed by atoms with Gasteiger partial charge in [-0.05, 0) is 43.5 Å². The third kappa shape index (κ3) is 7.77. The number of nitrogens with one attached hydrogen (secondary N) is 3. The van der Waals surface area contributed by atoms with Crippen LogP contribution in [0.15, 0.2) is 39.8 Å². The van der Waals surface area contributed by atoms with Gasteiger partial charge in [0, 0.05) is 42.7 Å². The van der Waals surface area contributed by atoms with Crippen LogP contribution < -0.4 is 16.0 Å². The first kappa shape index (κ1) is 22.7. The molecule has 2 rings (SSSR count). The summed E-state index contributed by atoms with van der Waals surface area (Å²) in [7, 11) is 1.71. The van der Waals surface area contributed by atoms with Gasteiger partial charge in [0.25, 0.3) is 0 Å². The minimum Gasteiger partial charge on any atom is -0.359 e. The Kier molecular flexibility index (Phi) is 9.50. The molecule has 0 saturated heterocycles. The zero-order valence-electron chi connectivity index (χ0n) is 17.3. The van der Waals surface area contributed by atoms with Gasteiger partial charge in [0.05, 0.1) is 12.2 Å². The van der Waals surface area contributed by atoms with Gasteiger partial charge in [0.1, 0.15) is 0 Å². The summed E-state index contributed by atoms with van der Waals surface area (Å²) in [4.78, 5) is 16.2. The predicted molar refractivity (Wildman–Crippen MR) is 117 cm³/mol. The highest BCUT2D eigenvalue weighted by atomic mass is 35.5. The van der Waals surface area contributed by atoms with Crippen molar-refractivity contribution in [2.24, 2.45) is 4.99 Å². The molecule has 0 bridgehead atoms. The maximum Gasteiger partial charge on any atom is 0.224 e. The molecule has 1 heterocycles. The average molecular weight is 420 g/mol. The maximum atomic E-state index is 12.0. The van der Waals surface area contributed by atoms with E-state index in [0.717, 1.165) is 30.0 Å². The Balaban J connectivity index is 1.67.